The van der Waals surface area contributed by atoms with E-state index in [4.69, 9.17) is 17.3 Å². The molecule has 0 saturated carbocycles. The van der Waals surface area contributed by atoms with E-state index >= 15 is 0 Å². The van der Waals surface area contributed by atoms with Gasteiger partial charge in [0.05, 0.1) is 4.87 Å². The molecule has 0 radical (unpaired) electrons. The Morgan fingerprint density at radius 2 is 2.00 bits per heavy atom. The van der Waals surface area contributed by atoms with E-state index in [9.17, 15) is 0 Å². The molecular weight excluding hydrogens is 110 g/mol. The van der Waals surface area contributed by atoms with Crippen molar-refractivity contribution in [3.63, 3.8) is 0 Å². The Hall–Kier alpha value is -0.170. The topological polar surface area (TPSA) is 26.0 Å². The first-order valence-electron chi connectivity index (χ1n) is 2.14. The molecule has 0 aromatic carbocycles. The van der Waals surface area contributed by atoms with E-state index in [-0.39, 0.29) is 4.87 Å². The molecule has 1 nitrogen and oxygen atoms in total. The van der Waals surface area contributed by atoms with Gasteiger partial charge in [-0.15, -0.1) is 11.6 Å². The molecule has 0 aromatic rings. The van der Waals surface area contributed by atoms with Crippen molar-refractivity contribution in [3.05, 3.63) is 12.3 Å². The minimum absolute atomic E-state index is 0.283. The van der Waals surface area contributed by atoms with Gasteiger partial charge in [0.25, 0.3) is 0 Å². The smallest absolute Gasteiger partial charge is 0.0586 e. The van der Waals surface area contributed by atoms with Gasteiger partial charge in [0, 0.05) is 0 Å². The fourth-order valence-corrected chi connectivity index (χ4v) is 0.302. The van der Waals surface area contributed by atoms with E-state index < -0.39 is 0 Å². The third-order valence-corrected chi connectivity index (χ3v) is 0.619. The normalized spacial score (nSPS) is 13.0. The van der Waals surface area contributed by atoms with Crippen molar-refractivity contribution in [2.45, 2.75) is 18.7 Å². The number of allylic oxidation sites excluding steroid dienone is 1. The molecule has 0 aliphatic rings. The van der Waals surface area contributed by atoms with Crippen LogP contribution in [-0.2, 0) is 0 Å². The molecule has 0 atom stereocenters. The summed E-state index contributed by atoms with van der Waals surface area (Å²) in [5.41, 5.74) is 5.05. The van der Waals surface area contributed by atoms with Crippen molar-refractivity contribution in [2.75, 3.05) is 0 Å². The zero-order valence-corrected chi connectivity index (χ0v) is 5.37. The highest BCUT2D eigenvalue weighted by Crippen LogP contribution is 2.12. The second kappa shape index (κ2) is 2.22. The quantitative estimate of drug-likeness (QED) is 0.520. The minimum atomic E-state index is -0.283. The summed E-state index contributed by atoms with van der Waals surface area (Å²) >= 11 is 5.67. The Morgan fingerprint density at radius 3 is 2.00 bits per heavy atom. The molecular formula is C5H10ClN. The molecule has 0 amide bonds. The first kappa shape index (κ1) is 6.83. The number of hydrogen-bond acceptors (Lipinski definition) is 1. The van der Waals surface area contributed by atoms with Gasteiger partial charge in [-0.3, -0.25) is 0 Å². The zero-order chi connectivity index (χ0) is 5.91. The van der Waals surface area contributed by atoms with E-state index in [0.717, 1.165) is 0 Å². The molecule has 0 aliphatic carbocycles. The van der Waals surface area contributed by atoms with Crippen LogP contribution >= 0.6 is 11.6 Å². The molecule has 42 valence electrons. The fraction of sp³-hybridized carbons (Fsp3) is 0.600. The second-order valence-corrected chi connectivity index (χ2v) is 2.90. The number of hydrogen-bond donors (Lipinski definition) is 1. The van der Waals surface area contributed by atoms with Crippen LogP contribution < -0.4 is 5.73 Å². The molecule has 0 heterocycles. The van der Waals surface area contributed by atoms with Gasteiger partial charge in [-0.05, 0) is 26.1 Å². The van der Waals surface area contributed by atoms with Crippen LogP contribution in [0.15, 0.2) is 12.3 Å². The Morgan fingerprint density at radius 1 is 1.57 bits per heavy atom. The standard InChI is InChI=1S/C5H10ClN/c1-5(2,6)3-4-7/h3-4H,7H2,1-2H3/b4-3-. The van der Waals surface area contributed by atoms with Crippen LogP contribution in [0.4, 0.5) is 0 Å². The molecule has 0 saturated heterocycles. The SMILES string of the molecule is CC(C)(Cl)/C=C\N. The molecule has 0 bridgehead atoms. The molecule has 0 spiro atoms. The van der Waals surface area contributed by atoms with Gasteiger partial charge in [-0.1, -0.05) is 0 Å². The minimum Gasteiger partial charge on any atom is -0.405 e. The highest BCUT2D eigenvalue weighted by atomic mass is 35.5. The molecule has 0 aliphatic heterocycles. The van der Waals surface area contributed by atoms with E-state index in [0.29, 0.717) is 0 Å². The average Bonchev–Trinajstić information content (AvgIpc) is 1.30. The lowest BCUT2D eigenvalue weighted by Crippen LogP contribution is -2.04. The molecule has 7 heavy (non-hydrogen) atoms. The Kier molecular flexibility index (Phi) is 2.16. The monoisotopic (exact) mass is 119 g/mol. The van der Waals surface area contributed by atoms with Crippen molar-refractivity contribution >= 4 is 11.6 Å². The molecule has 0 fully saturated rings. The molecule has 2 N–H and O–H groups in total. The maximum Gasteiger partial charge on any atom is 0.0586 e. The zero-order valence-electron chi connectivity index (χ0n) is 4.61. The first-order chi connectivity index (χ1) is 3.06. The lowest BCUT2D eigenvalue weighted by Gasteiger charge is -2.05. The largest absolute Gasteiger partial charge is 0.405 e. The van der Waals surface area contributed by atoms with Crippen molar-refractivity contribution in [1.29, 1.82) is 0 Å². The summed E-state index contributed by atoms with van der Waals surface area (Å²) in [6.07, 6.45) is 3.18. The van der Waals surface area contributed by atoms with Gasteiger partial charge in [0.15, 0.2) is 0 Å². The van der Waals surface area contributed by atoms with Crippen LogP contribution in [0.3, 0.4) is 0 Å². The third kappa shape index (κ3) is 5.83. The highest BCUT2D eigenvalue weighted by molar-refractivity contribution is 6.24. The first-order valence-corrected chi connectivity index (χ1v) is 2.52. The third-order valence-electron chi connectivity index (χ3n) is 0.493. The Bertz CT molecular complexity index is 70.6. The van der Waals surface area contributed by atoms with Crippen molar-refractivity contribution < 1.29 is 0 Å². The van der Waals surface area contributed by atoms with Gasteiger partial charge < -0.3 is 5.73 Å². The molecule has 0 unspecified atom stereocenters. The summed E-state index contributed by atoms with van der Waals surface area (Å²) in [5.74, 6) is 0. The number of rotatable bonds is 1. The average molecular weight is 120 g/mol. The van der Waals surface area contributed by atoms with Gasteiger partial charge in [0.2, 0.25) is 0 Å². The van der Waals surface area contributed by atoms with Crippen molar-refractivity contribution in [3.8, 4) is 0 Å². The van der Waals surface area contributed by atoms with Crippen molar-refractivity contribution in [2.24, 2.45) is 5.73 Å². The Labute approximate surface area is 49.2 Å². The summed E-state index contributed by atoms with van der Waals surface area (Å²) in [6, 6.07) is 0. The fourth-order valence-electron chi connectivity index (χ4n) is 0.229. The summed E-state index contributed by atoms with van der Waals surface area (Å²) < 4.78 is 0. The summed E-state index contributed by atoms with van der Waals surface area (Å²) in [5, 5.41) is 0. The number of nitrogens with two attached hydrogens (primary N) is 1. The van der Waals surface area contributed by atoms with Crippen LogP contribution in [0.5, 0.6) is 0 Å². The maximum absolute atomic E-state index is 5.67. The van der Waals surface area contributed by atoms with Gasteiger partial charge >= 0.3 is 0 Å². The van der Waals surface area contributed by atoms with Gasteiger partial charge in [-0.25, -0.2) is 0 Å². The summed E-state index contributed by atoms with van der Waals surface area (Å²) in [6.45, 7) is 3.75. The second-order valence-electron chi connectivity index (χ2n) is 1.92. The van der Waals surface area contributed by atoms with Gasteiger partial charge in [-0.2, -0.15) is 0 Å². The predicted octanol–water partition coefficient (Wildman–Crippen LogP) is 1.48. The predicted molar refractivity (Wildman–Crippen MR) is 33.3 cm³/mol. The van der Waals surface area contributed by atoms with Crippen LogP contribution in [-0.4, -0.2) is 4.87 Å². The van der Waals surface area contributed by atoms with Crippen molar-refractivity contribution in [1.82, 2.24) is 0 Å². The number of halogens is 1. The van der Waals surface area contributed by atoms with Crippen LogP contribution in [0.2, 0.25) is 0 Å². The molecule has 0 aromatic heterocycles. The Balaban J connectivity index is 3.56. The maximum atomic E-state index is 5.67. The summed E-state index contributed by atoms with van der Waals surface area (Å²) in [4.78, 5) is -0.283. The van der Waals surface area contributed by atoms with Crippen LogP contribution in [0.25, 0.3) is 0 Å². The lowest BCUT2D eigenvalue weighted by molar-refractivity contribution is 0.879. The number of alkyl halides is 1. The molecule has 0 rings (SSSR count). The van der Waals surface area contributed by atoms with E-state index in [1.54, 1.807) is 6.08 Å². The highest BCUT2D eigenvalue weighted by Gasteiger charge is 2.04. The lowest BCUT2D eigenvalue weighted by atomic mass is 10.2. The van der Waals surface area contributed by atoms with E-state index in [1.807, 2.05) is 13.8 Å². The van der Waals surface area contributed by atoms with E-state index in [1.165, 1.54) is 6.20 Å². The van der Waals surface area contributed by atoms with E-state index in [2.05, 4.69) is 0 Å². The van der Waals surface area contributed by atoms with Gasteiger partial charge in [0.1, 0.15) is 0 Å². The summed E-state index contributed by atoms with van der Waals surface area (Å²) in [7, 11) is 0. The van der Waals surface area contributed by atoms with Crippen LogP contribution in [0.1, 0.15) is 13.8 Å². The van der Waals surface area contributed by atoms with Crippen LogP contribution in [0, 0.1) is 0 Å². The molecule has 2 heteroatoms.